The van der Waals surface area contributed by atoms with E-state index in [1.165, 1.54) is 12.5 Å². The van der Waals surface area contributed by atoms with Crippen LogP contribution in [0.2, 0.25) is 0 Å². The van der Waals surface area contributed by atoms with E-state index in [-0.39, 0.29) is 31.4 Å². The van der Waals surface area contributed by atoms with Crippen molar-refractivity contribution in [3.63, 3.8) is 0 Å². The molecule has 0 fully saturated rings. The molecule has 37 heavy (non-hydrogen) atoms. The number of nitrogens with zero attached hydrogens (tertiary/aromatic N) is 1. The SMILES string of the molecule is NC(=O)CCC(NC(=O)C(Cc1ccccc1)NC(=O)C(Cc1cnc[nH]1)NC(=O)C(N)CS)C(=O)O. The van der Waals surface area contributed by atoms with Crippen LogP contribution in [0.1, 0.15) is 24.1 Å². The van der Waals surface area contributed by atoms with Crippen LogP contribution in [0, 0.1) is 0 Å². The number of primary amides is 1. The van der Waals surface area contributed by atoms with E-state index in [2.05, 4.69) is 38.5 Å². The van der Waals surface area contributed by atoms with Gasteiger partial charge in [0.25, 0.3) is 0 Å². The molecule has 0 bridgehead atoms. The summed E-state index contributed by atoms with van der Waals surface area (Å²) in [5, 5.41) is 17.0. The Hall–Kier alpha value is -3.91. The quantitative estimate of drug-likeness (QED) is 0.122. The van der Waals surface area contributed by atoms with Crippen LogP contribution in [0.5, 0.6) is 0 Å². The summed E-state index contributed by atoms with van der Waals surface area (Å²) in [6, 6.07) is 4.06. The number of imidazole rings is 1. The maximum atomic E-state index is 13.3. The summed E-state index contributed by atoms with van der Waals surface area (Å²) < 4.78 is 0. The molecular weight excluding hydrogens is 502 g/mol. The third kappa shape index (κ3) is 9.93. The lowest BCUT2D eigenvalue weighted by Gasteiger charge is -2.25. The smallest absolute Gasteiger partial charge is 0.326 e. The highest BCUT2D eigenvalue weighted by molar-refractivity contribution is 7.80. The molecule has 0 aliphatic carbocycles. The highest BCUT2D eigenvalue weighted by Crippen LogP contribution is 2.07. The number of benzene rings is 1. The number of carbonyl (C=O) groups excluding carboxylic acids is 4. The second-order valence-electron chi connectivity index (χ2n) is 8.29. The summed E-state index contributed by atoms with van der Waals surface area (Å²) in [5.74, 6) is -4.13. The van der Waals surface area contributed by atoms with Crippen LogP contribution in [0.4, 0.5) is 0 Å². The molecule has 1 aromatic heterocycles. The number of carboxylic acids is 1. The Labute approximate surface area is 218 Å². The highest BCUT2D eigenvalue weighted by atomic mass is 32.1. The maximum absolute atomic E-state index is 13.3. The Bertz CT molecular complexity index is 1070. The minimum atomic E-state index is -1.40. The number of nitrogens with one attached hydrogen (secondary N) is 4. The van der Waals surface area contributed by atoms with Crippen LogP contribution < -0.4 is 27.4 Å². The van der Waals surface area contributed by atoms with Gasteiger partial charge in [-0.15, -0.1) is 0 Å². The number of hydrogen-bond donors (Lipinski definition) is 8. The first-order valence-corrected chi connectivity index (χ1v) is 12.0. The summed E-state index contributed by atoms with van der Waals surface area (Å²) in [7, 11) is 0. The lowest BCUT2D eigenvalue weighted by molar-refractivity contribution is -0.142. The monoisotopic (exact) mass is 533 g/mol. The molecule has 0 radical (unpaired) electrons. The molecule has 13 nitrogen and oxygen atoms in total. The van der Waals surface area contributed by atoms with E-state index in [1.54, 1.807) is 30.3 Å². The van der Waals surface area contributed by atoms with E-state index in [0.717, 1.165) is 0 Å². The predicted octanol–water partition coefficient (Wildman–Crippen LogP) is -1.74. The first-order valence-electron chi connectivity index (χ1n) is 11.4. The molecule has 200 valence electrons. The summed E-state index contributed by atoms with van der Waals surface area (Å²) in [4.78, 5) is 68.3. The van der Waals surface area contributed by atoms with Crippen molar-refractivity contribution < 1.29 is 29.1 Å². The number of amides is 4. The second kappa shape index (κ2) is 14.6. The topological polar surface area (TPSA) is 222 Å². The second-order valence-corrected chi connectivity index (χ2v) is 8.65. The maximum Gasteiger partial charge on any atom is 0.326 e. The standard InChI is InChI=1S/C23H31N7O6S/c24-15(11-37)20(32)29-18(9-14-10-26-12-27-14)22(34)30-17(8-13-4-2-1-3-5-13)21(33)28-16(23(35)36)6-7-19(25)31/h1-5,10,12,15-18,37H,6-9,11,24H2,(H2,25,31)(H,26,27)(H,28,33)(H,29,32)(H,30,34)(H,35,36). The van der Waals surface area contributed by atoms with Gasteiger partial charge in [0, 0.05) is 36.9 Å². The fraction of sp³-hybridized carbons (Fsp3) is 0.391. The lowest BCUT2D eigenvalue weighted by atomic mass is 10.0. The van der Waals surface area contributed by atoms with E-state index < -0.39 is 53.8 Å². The van der Waals surface area contributed by atoms with Crippen molar-refractivity contribution in [2.45, 2.75) is 49.9 Å². The van der Waals surface area contributed by atoms with E-state index in [1.807, 2.05) is 0 Å². The van der Waals surface area contributed by atoms with Gasteiger partial charge in [0.15, 0.2) is 0 Å². The van der Waals surface area contributed by atoms with Crippen LogP contribution in [0.25, 0.3) is 0 Å². The first kappa shape index (κ1) is 29.3. The Morgan fingerprint density at radius 1 is 0.946 bits per heavy atom. The summed E-state index contributed by atoms with van der Waals surface area (Å²) in [6.45, 7) is 0. The van der Waals surface area contributed by atoms with Crippen molar-refractivity contribution in [3.8, 4) is 0 Å². The molecule has 0 aliphatic heterocycles. The molecule has 4 amide bonds. The molecule has 4 atom stereocenters. The average Bonchev–Trinajstić information content (AvgIpc) is 3.38. The Morgan fingerprint density at radius 2 is 1.54 bits per heavy atom. The molecule has 9 N–H and O–H groups in total. The number of aromatic amines is 1. The van der Waals surface area contributed by atoms with Gasteiger partial charge in [-0.2, -0.15) is 12.6 Å². The third-order valence-corrected chi connectivity index (χ3v) is 5.75. The van der Waals surface area contributed by atoms with Crippen LogP contribution in [0.15, 0.2) is 42.9 Å². The van der Waals surface area contributed by atoms with Crippen molar-refractivity contribution >= 4 is 42.2 Å². The number of aliphatic carboxylic acids is 1. The van der Waals surface area contributed by atoms with Crippen LogP contribution in [0.3, 0.4) is 0 Å². The highest BCUT2D eigenvalue weighted by Gasteiger charge is 2.31. The van der Waals surface area contributed by atoms with E-state index >= 15 is 0 Å². The Morgan fingerprint density at radius 3 is 2.08 bits per heavy atom. The number of nitrogens with two attached hydrogens (primary N) is 2. The number of thiol groups is 1. The van der Waals surface area contributed by atoms with E-state index in [9.17, 15) is 29.1 Å². The number of carbonyl (C=O) groups is 5. The average molecular weight is 534 g/mol. The minimum Gasteiger partial charge on any atom is -0.480 e. The summed E-state index contributed by atoms with van der Waals surface area (Å²) in [5.41, 5.74) is 12.1. The molecule has 0 aliphatic rings. The van der Waals surface area contributed by atoms with E-state index in [4.69, 9.17) is 11.5 Å². The molecule has 2 rings (SSSR count). The van der Waals surface area contributed by atoms with Crippen molar-refractivity contribution in [2.75, 3.05) is 5.75 Å². The molecule has 0 saturated carbocycles. The fourth-order valence-corrected chi connectivity index (χ4v) is 3.50. The predicted molar refractivity (Wildman–Crippen MR) is 136 cm³/mol. The van der Waals surface area contributed by atoms with Gasteiger partial charge >= 0.3 is 5.97 Å². The zero-order chi connectivity index (χ0) is 27.4. The van der Waals surface area contributed by atoms with Gasteiger partial charge < -0.3 is 37.5 Å². The van der Waals surface area contributed by atoms with E-state index in [0.29, 0.717) is 11.3 Å². The number of rotatable bonds is 15. The zero-order valence-corrected chi connectivity index (χ0v) is 20.8. The van der Waals surface area contributed by atoms with Crippen LogP contribution in [-0.4, -0.2) is 74.6 Å². The molecule has 4 unspecified atom stereocenters. The molecule has 0 saturated heterocycles. The third-order valence-electron chi connectivity index (χ3n) is 5.35. The Balaban J connectivity index is 2.25. The van der Waals surface area contributed by atoms with Crippen LogP contribution in [-0.2, 0) is 36.8 Å². The van der Waals surface area contributed by atoms with Crippen molar-refractivity contribution in [3.05, 3.63) is 54.1 Å². The van der Waals surface area contributed by atoms with Crippen molar-refractivity contribution in [2.24, 2.45) is 11.5 Å². The molecule has 1 aromatic carbocycles. The zero-order valence-electron chi connectivity index (χ0n) is 19.9. The largest absolute Gasteiger partial charge is 0.480 e. The van der Waals surface area contributed by atoms with Gasteiger partial charge in [-0.1, -0.05) is 30.3 Å². The van der Waals surface area contributed by atoms with Gasteiger partial charge in [-0.3, -0.25) is 19.2 Å². The Kier molecular flexibility index (Phi) is 11.6. The number of H-pyrrole nitrogens is 1. The van der Waals surface area contributed by atoms with Crippen molar-refractivity contribution in [1.29, 1.82) is 0 Å². The summed E-state index contributed by atoms with van der Waals surface area (Å²) in [6.07, 6.45) is 2.47. The van der Waals surface area contributed by atoms with Crippen LogP contribution >= 0.6 is 12.6 Å². The normalized spacial score (nSPS) is 14.0. The number of carboxylic acid groups (broad SMARTS) is 1. The van der Waals surface area contributed by atoms with Gasteiger partial charge in [-0.05, 0) is 12.0 Å². The molecule has 2 aromatic rings. The summed E-state index contributed by atoms with van der Waals surface area (Å²) >= 11 is 4.00. The fourth-order valence-electron chi connectivity index (χ4n) is 3.33. The lowest BCUT2D eigenvalue weighted by Crippen LogP contribution is -2.58. The van der Waals surface area contributed by atoms with Crippen molar-refractivity contribution in [1.82, 2.24) is 25.9 Å². The molecule has 1 heterocycles. The number of aromatic nitrogens is 2. The molecule has 14 heteroatoms. The van der Waals surface area contributed by atoms with Gasteiger partial charge in [0.1, 0.15) is 18.1 Å². The van der Waals surface area contributed by atoms with Gasteiger partial charge in [-0.25, -0.2) is 9.78 Å². The molecular formula is C23H31N7O6S. The first-order chi connectivity index (χ1) is 17.6. The number of hydrogen-bond acceptors (Lipinski definition) is 8. The van der Waals surface area contributed by atoms with Gasteiger partial charge in [0.05, 0.1) is 12.4 Å². The molecule has 0 spiro atoms. The minimum absolute atomic E-state index is 0.0207. The van der Waals surface area contributed by atoms with Gasteiger partial charge in [0.2, 0.25) is 23.6 Å².